The monoisotopic (exact) mass is 793 g/mol. The van der Waals surface area contributed by atoms with Crippen LogP contribution in [0.15, 0.2) is 30.3 Å². The van der Waals surface area contributed by atoms with Crippen LogP contribution in [0.2, 0.25) is 0 Å². The summed E-state index contributed by atoms with van der Waals surface area (Å²) in [5.74, 6) is 0.543. The van der Waals surface area contributed by atoms with Gasteiger partial charge in [0.25, 0.3) is 11.8 Å². The Morgan fingerprint density at radius 3 is 2.35 bits per heavy atom. The van der Waals surface area contributed by atoms with E-state index in [9.17, 15) is 9.59 Å². The summed E-state index contributed by atoms with van der Waals surface area (Å²) in [6.07, 6.45) is 10.0. The molecule has 0 radical (unpaired) electrons. The SMILES string of the molecule is CCCc1cc(-c2cc(C(=O)N3CC(C)OC(C)C3)ccc2F)c(OCCCOC)cc1C(=O)N(C(C)C)C1CCC(CCN(CC2CCOCC2)C2CC2)NC1. The Labute approximate surface area is 341 Å². The highest BCUT2D eigenvalue weighted by Gasteiger charge is 2.35. The number of amides is 2. The largest absolute Gasteiger partial charge is 0.493 e. The Bertz CT molecular complexity index is 1610. The van der Waals surface area contributed by atoms with Crippen LogP contribution in [0.5, 0.6) is 5.75 Å². The van der Waals surface area contributed by atoms with E-state index in [2.05, 4.69) is 35.9 Å². The molecule has 4 unspecified atom stereocenters. The minimum absolute atomic E-state index is 0.0170. The zero-order valence-electron chi connectivity index (χ0n) is 35.5. The minimum Gasteiger partial charge on any atom is -0.493 e. The number of carbonyl (C=O) groups is 2. The van der Waals surface area contributed by atoms with E-state index in [4.69, 9.17) is 18.9 Å². The van der Waals surface area contributed by atoms with Crippen LogP contribution in [-0.2, 0) is 20.6 Å². The van der Waals surface area contributed by atoms with Crippen LogP contribution in [-0.4, -0.2) is 129 Å². The highest BCUT2D eigenvalue weighted by atomic mass is 19.1. The lowest BCUT2D eigenvalue weighted by Gasteiger charge is -2.41. The van der Waals surface area contributed by atoms with Gasteiger partial charge in [-0.2, -0.15) is 0 Å². The zero-order valence-corrected chi connectivity index (χ0v) is 35.5. The molecule has 4 aliphatic rings. The number of carbonyl (C=O) groups excluding carboxylic acids is 2. The number of aryl methyl sites for hydroxylation is 1. The maximum atomic E-state index is 15.9. The maximum Gasteiger partial charge on any atom is 0.254 e. The van der Waals surface area contributed by atoms with Crippen molar-refractivity contribution in [1.82, 2.24) is 20.0 Å². The smallest absolute Gasteiger partial charge is 0.254 e. The summed E-state index contributed by atoms with van der Waals surface area (Å²) in [4.78, 5) is 35.2. The maximum absolute atomic E-state index is 15.9. The standard InChI is InChI=1S/C46H69FN4O6/c1-7-9-35-24-42(41-25-36(10-15-43(41)47)45(52)50-28-32(4)57-33(5)29-50)44(56-21-8-20-54-6)26-40(35)46(53)51(31(2)3)39-12-11-37(48-27-39)16-19-49(38-13-14-38)30-34-17-22-55-23-18-34/h10,15,24-26,31-34,37-39,48H,7-9,11-14,16-23,27-30H2,1-6H3. The zero-order chi connectivity index (χ0) is 40.5. The molecule has 3 saturated heterocycles. The molecule has 316 valence electrons. The van der Waals surface area contributed by atoms with Crippen molar-refractivity contribution in [2.24, 2.45) is 5.92 Å². The van der Waals surface area contributed by atoms with Gasteiger partial charge in [0.1, 0.15) is 11.6 Å². The molecule has 4 fully saturated rings. The van der Waals surface area contributed by atoms with Crippen LogP contribution < -0.4 is 10.1 Å². The van der Waals surface area contributed by atoms with Gasteiger partial charge in [-0.3, -0.25) is 9.59 Å². The molecule has 57 heavy (non-hydrogen) atoms. The molecular formula is C46H69FN4O6. The third-order valence-electron chi connectivity index (χ3n) is 12.3. The first-order valence-corrected chi connectivity index (χ1v) is 22.0. The quantitative estimate of drug-likeness (QED) is 0.157. The fourth-order valence-electron chi connectivity index (χ4n) is 9.20. The highest BCUT2D eigenvalue weighted by molar-refractivity contribution is 5.99. The first-order valence-electron chi connectivity index (χ1n) is 22.0. The van der Waals surface area contributed by atoms with Gasteiger partial charge < -0.3 is 39.0 Å². The summed E-state index contributed by atoms with van der Waals surface area (Å²) in [6, 6.07) is 9.53. The van der Waals surface area contributed by atoms with E-state index in [-0.39, 0.29) is 41.7 Å². The third kappa shape index (κ3) is 11.6. The van der Waals surface area contributed by atoms with Crippen LogP contribution in [0, 0.1) is 11.7 Å². The number of hydrogen-bond acceptors (Lipinski definition) is 8. The van der Waals surface area contributed by atoms with Gasteiger partial charge in [-0.15, -0.1) is 0 Å². The molecule has 2 aromatic rings. The Morgan fingerprint density at radius 1 is 0.965 bits per heavy atom. The second kappa shape index (κ2) is 20.7. The first-order chi connectivity index (χ1) is 27.6. The summed E-state index contributed by atoms with van der Waals surface area (Å²) in [7, 11) is 1.65. The number of nitrogens with one attached hydrogen (secondary N) is 1. The molecule has 1 N–H and O–H groups in total. The molecule has 11 heteroatoms. The third-order valence-corrected chi connectivity index (χ3v) is 12.3. The van der Waals surface area contributed by atoms with Crippen molar-refractivity contribution in [3.8, 4) is 16.9 Å². The molecule has 6 rings (SSSR count). The van der Waals surface area contributed by atoms with Crippen molar-refractivity contribution >= 4 is 11.8 Å². The highest BCUT2D eigenvalue weighted by Crippen LogP contribution is 2.38. The van der Waals surface area contributed by atoms with Crippen molar-refractivity contribution in [3.63, 3.8) is 0 Å². The fraction of sp³-hybridized carbons (Fsp3) is 0.696. The average Bonchev–Trinajstić information content (AvgIpc) is 4.05. The van der Waals surface area contributed by atoms with Gasteiger partial charge in [-0.05, 0) is 127 Å². The number of halogens is 1. The Hall–Kier alpha value is -3.09. The first kappa shape index (κ1) is 43.5. The molecule has 10 nitrogen and oxygen atoms in total. The van der Waals surface area contributed by atoms with E-state index in [1.807, 2.05) is 26.0 Å². The number of morpholine rings is 1. The van der Waals surface area contributed by atoms with Crippen molar-refractivity contribution < 1.29 is 32.9 Å². The molecule has 0 aromatic heterocycles. The van der Waals surface area contributed by atoms with Gasteiger partial charge in [0, 0.05) is 106 Å². The second-order valence-electron chi connectivity index (χ2n) is 17.3. The van der Waals surface area contributed by atoms with Crippen molar-refractivity contribution in [2.45, 2.75) is 135 Å². The van der Waals surface area contributed by atoms with Crippen LogP contribution in [0.3, 0.4) is 0 Å². The minimum atomic E-state index is -0.450. The Kier molecular flexibility index (Phi) is 15.8. The van der Waals surface area contributed by atoms with Gasteiger partial charge >= 0.3 is 0 Å². The molecule has 1 aliphatic carbocycles. The summed E-state index contributed by atoms with van der Waals surface area (Å²) >= 11 is 0. The van der Waals surface area contributed by atoms with Crippen LogP contribution in [0.1, 0.15) is 119 Å². The van der Waals surface area contributed by atoms with Gasteiger partial charge in [-0.1, -0.05) is 13.3 Å². The van der Waals surface area contributed by atoms with E-state index in [1.54, 1.807) is 24.1 Å². The van der Waals surface area contributed by atoms with Gasteiger partial charge in [0.15, 0.2) is 0 Å². The number of hydrogen-bond donors (Lipinski definition) is 1. The fourth-order valence-corrected chi connectivity index (χ4v) is 9.20. The van der Waals surface area contributed by atoms with Crippen LogP contribution in [0.25, 0.3) is 11.1 Å². The number of nitrogens with zero attached hydrogens (tertiary/aromatic N) is 3. The van der Waals surface area contributed by atoms with Gasteiger partial charge in [0.2, 0.25) is 0 Å². The molecule has 0 bridgehead atoms. The molecular weight excluding hydrogens is 724 g/mol. The van der Waals surface area contributed by atoms with Gasteiger partial charge in [-0.25, -0.2) is 4.39 Å². The van der Waals surface area contributed by atoms with Crippen molar-refractivity contribution in [1.29, 1.82) is 0 Å². The topological polar surface area (TPSA) is 92.8 Å². The van der Waals surface area contributed by atoms with E-state index in [1.165, 1.54) is 38.3 Å². The predicted molar refractivity (Wildman–Crippen MR) is 223 cm³/mol. The number of methoxy groups -OCH3 is 1. The van der Waals surface area contributed by atoms with Crippen LogP contribution >= 0.6 is 0 Å². The van der Waals surface area contributed by atoms with E-state index < -0.39 is 5.82 Å². The van der Waals surface area contributed by atoms with Gasteiger partial charge in [0.05, 0.1) is 18.8 Å². The molecule has 4 atom stereocenters. The summed E-state index contributed by atoms with van der Waals surface area (Å²) < 4.78 is 39.1. The Balaban J connectivity index is 1.21. The van der Waals surface area contributed by atoms with E-state index >= 15 is 4.39 Å². The predicted octanol–water partition coefficient (Wildman–Crippen LogP) is 7.36. The van der Waals surface area contributed by atoms with Crippen molar-refractivity contribution in [2.75, 3.05) is 66.3 Å². The van der Waals surface area contributed by atoms with E-state index in [0.717, 1.165) is 69.5 Å². The molecule has 2 aromatic carbocycles. The Morgan fingerprint density at radius 2 is 1.70 bits per heavy atom. The average molecular weight is 793 g/mol. The van der Waals surface area contributed by atoms with Crippen LogP contribution in [0.4, 0.5) is 4.39 Å². The number of benzene rings is 2. The normalized spacial score (nSPS) is 23.3. The number of ether oxygens (including phenoxy) is 4. The molecule has 0 spiro atoms. The van der Waals surface area contributed by atoms with Crippen molar-refractivity contribution in [3.05, 3.63) is 52.8 Å². The summed E-state index contributed by atoms with van der Waals surface area (Å²) in [6.45, 7) is 16.9. The molecule has 2 amide bonds. The summed E-state index contributed by atoms with van der Waals surface area (Å²) in [5.41, 5.74) is 2.67. The summed E-state index contributed by atoms with van der Waals surface area (Å²) in [5, 5.41) is 3.84. The lowest BCUT2D eigenvalue weighted by molar-refractivity contribution is -0.0586. The molecule has 3 heterocycles. The number of rotatable bonds is 18. The number of piperidine rings is 1. The van der Waals surface area contributed by atoms with E-state index in [0.29, 0.717) is 67.6 Å². The lowest BCUT2D eigenvalue weighted by atomic mass is 9.92. The molecule has 1 saturated carbocycles. The second-order valence-corrected chi connectivity index (χ2v) is 17.3. The lowest BCUT2D eigenvalue weighted by Crippen LogP contribution is -2.54. The molecule has 3 aliphatic heterocycles.